The zero-order chi connectivity index (χ0) is 16.4. The molecule has 0 saturated carbocycles. The van der Waals surface area contributed by atoms with Gasteiger partial charge in [-0.3, -0.25) is 19.4 Å². The maximum absolute atomic E-state index is 12.1. The van der Waals surface area contributed by atoms with E-state index in [-0.39, 0.29) is 5.57 Å². The van der Waals surface area contributed by atoms with Gasteiger partial charge in [0.15, 0.2) is 0 Å². The minimum absolute atomic E-state index is 0.0973. The summed E-state index contributed by atoms with van der Waals surface area (Å²) >= 11 is 0. The molecule has 0 bridgehead atoms. The number of likely N-dealkylation sites (N-methyl/N-ethyl adjacent to an activating group) is 2. The molecule has 0 aliphatic carbocycles. The fourth-order valence-electron chi connectivity index (χ4n) is 2.05. The van der Waals surface area contributed by atoms with Gasteiger partial charge < -0.3 is 9.47 Å². The van der Waals surface area contributed by atoms with Gasteiger partial charge in [0.1, 0.15) is 17.1 Å². The van der Waals surface area contributed by atoms with Crippen LogP contribution >= 0.6 is 0 Å². The quantitative estimate of drug-likeness (QED) is 0.618. The highest BCUT2D eigenvalue weighted by molar-refractivity contribution is 6.30. The van der Waals surface area contributed by atoms with Crippen LogP contribution in [0.2, 0.25) is 0 Å². The molecule has 0 aromatic heterocycles. The van der Waals surface area contributed by atoms with Crippen LogP contribution < -0.4 is 9.47 Å². The van der Waals surface area contributed by atoms with Crippen LogP contribution in [0.3, 0.4) is 0 Å². The normalized spacial score (nSPS) is 15.3. The molecule has 4 amide bonds. The molecule has 0 unspecified atom stereocenters. The lowest BCUT2D eigenvalue weighted by atomic mass is 10.1. The summed E-state index contributed by atoms with van der Waals surface area (Å²) < 4.78 is 10.3. The molecule has 0 atom stereocenters. The third kappa shape index (κ3) is 2.65. The van der Waals surface area contributed by atoms with Crippen molar-refractivity contribution in [1.29, 1.82) is 0 Å². The van der Waals surface area contributed by atoms with E-state index in [2.05, 4.69) is 0 Å². The van der Waals surface area contributed by atoms with Crippen molar-refractivity contribution in [3.05, 3.63) is 29.3 Å². The topological polar surface area (TPSA) is 76.2 Å². The molecule has 1 aliphatic rings. The lowest BCUT2D eigenvalue weighted by Gasteiger charge is -2.28. The zero-order valence-electron chi connectivity index (χ0n) is 12.7. The van der Waals surface area contributed by atoms with Gasteiger partial charge in [0, 0.05) is 20.2 Å². The van der Waals surface area contributed by atoms with Crippen molar-refractivity contribution in [3.63, 3.8) is 0 Å². The number of ether oxygens (including phenoxy) is 2. The van der Waals surface area contributed by atoms with Gasteiger partial charge in [-0.25, -0.2) is 4.79 Å². The number of hydrogen-bond acceptors (Lipinski definition) is 5. The smallest absolute Gasteiger partial charge is 0.333 e. The summed E-state index contributed by atoms with van der Waals surface area (Å²) in [6.45, 7) is 0. The summed E-state index contributed by atoms with van der Waals surface area (Å²) in [6, 6.07) is 4.34. The number of rotatable bonds is 3. The molecule has 2 rings (SSSR count). The lowest BCUT2D eigenvalue weighted by molar-refractivity contribution is -0.134. The summed E-state index contributed by atoms with van der Waals surface area (Å²) in [5.74, 6) is -0.232. The Morgan fingerprint density at radius 3 is 1.73 bits per heavy atom. The average Bonchev–Trinajstić information content (AvgIpc) is 2.54. The van der Waals surface area contributed by atoms with Crippen LogP contribution in [0, 0.1) is 0 Å². The molecule has 1 heterocycles. The molecule has 1 saturated heterocycles. The van der Waals surface area contributed by atoms with Crippen LogP contribution in [-0.2, 0) is 9.59 Å². The van der Waals surface area contributed by atoms with Crippen molar-refractivity contribution in [3.8, 4) is 11.5 Å². The highest BCUT2D eigenvalue weighted by atomic mass is 16.5. The summed E-state index contributed by atoms with van der Waals surface area (Å²) in [7, 11) is 5.66. The number of methoxy groups -OCH3 is 2. The third-order valence-electron chi connectivity index (χ3n) is 3.33. The van der Waals surface area contributed by atoms with Crippen LogP contribution in [0.15, 0.2) is 23.8 Å². The Morgan fingerprint density at radius 1 is 0.864 bits per heavy atom. The highest BCUT2D eigenvalue weighted by Crippen LogP contribution is 2.25. The summed E-state index contributed by atoms with van der Waals surface area (Å²) in [5, 5.41) is 0. The molecule has 1 aliphatic heterocycles. The lowest BCUT2D eigenvalue weighted by Crippen LogP contribution is -2.52. The maximum atomic E-state index is 12.1. The van der Waals surface area contributed by atoms with Crippen molar-refractivity contribution in [1.82, 2.24) is 9.80 Å². The number of carbonyl (C=O) groups is 3. The predicted octanol–water partition coefficient (Wildman–Crippen LogP) is 1.14. The first-order valence-electron chi connectivity index (χ1n) is 6.44. The monoisotopic (exact) mass is 304 g/mol. The molecular formula is C15H16N2O5. The van der Waals surface area contributed by atoms with E-state index in [0.717, 1.165) is 9.80 Å². The molecule has 7 heteroatoms. The number of urea groups is 1. The van der Waals surface area contributed by atoms with Crippen LogP contribution in [0.25, 0.3) is 6.08 Å². The third-order valence-corrected chi connectivity index (χ3v) is 3.33. The molecule has 7 nitrogen and oxygen atoms in total. The van der Waals surface area contributed by atoms with Gasteiger partial charge in [0.2, 0.25) is 0 Å². The van der Waals surface area contributed by atoms with E-state index in [1.165, 1.54) is 34.4 Å². The molecule has 0 radical (unpaired) electrons. The second kappa shape index (κ2) is 5.88. The van der Waals surface area contributed by atoms with Gasteiger partial charge >= 0.3 is 6.03 Å². The second-order valence-electron chi connectivity index (χ2n) is 4.71. The minimum Gasteiger partial charge on any atom is -0.497 e. The molecule has 1 aromatic rings. The molecule has 1 fully saturated rings. The molecule has 22 heavy (non-hydrogen) atoms. The van der Waals surface area contributed by atoms with Crippen LogP contribution in [0.5, 0.6) is 11.5 Å². The standard InChI is InChI=1S/C15H16N2O5/c1-16-13(18)12(14(19)17(2)15(16)20)7-9-5-10(21-3)8-11(6-9)22-4/h5-8H,1-4H3. The van der Waals surface area contributed by atoms with Gasteiger partial charge in [-0.15, -0.1) is 0 Å². The SMILES string of the molecule is COc1cc(C=C2C(=O)N(C)C(=O)N(C)C2=O)cc(OC)c1. The van der Waals surface area contributed by atoms with E-state index in [9.17, 15) is 14.4 Å². The van der Waals surface area contributed by atoms with Crippen LogP contribution in [-0.4, -0.2) is 56.0 Å². The molecular weight excluding hydrogens is 288 g/mol. The first kappa shape index (κ1) is 15.6. The number of nitrogens with zero attached hydrogens (tertiary/aromatic N) is 2. The van der Waals surface area contributed by atoms with E-state index in [4.69, 9.17) is 9.47 Å². The van der Waals surface area contributed by atoms with E-state index in [1.54, 1.807) is 18.2 Å². The number of carbonyl (C=O) groups excluding carboxylic acids is 3. The molecule has 0 spiro atoms. The van der Waals surface area contributed by atoms with Crippen molar-refractivity contribution in [2.24, 2.45) is 0 Å². The van der Waals surface area contributed by atoms with Gasteiger partial charge in [-0.2, -0.15) is 0 Å². The maximum Gasteiger partial charge on any atom is 0.333 e. The Labute approximate surface area is 127 Å². The first-order chi connectivity index (χ1) is 10.4. The summed E-state index contributed by atoms with van der Waals surface area (Å²) in [4.78, 5) is 37.7. The van der Waals surface area contributed by atoms with Crippen molar-refractivity contribution < 1.29 is 23.9 Å². The first-order valence-corrected chi connectivity index (χ1v) is 6.44. The van der Waals surface area contributed by atoms with Crippen molar-refractivity contribution in [2.45, 2.75) is 0 Å². The van der Waals surface area contributed by atoms with Gasteiger partial charge in [-0.1, -0.05) is 0 Å². The molecule has 116 valence electrons. The highest BCUT2D eigenvalue weighted by Gasteiger charge is 2.37. The summed E-state index contributed by atoms with van der Waals surface area (Å²) in [6.07, 6.45) is 1.41. The molecule has 1 aromatic carbocycles. The van der Waals surface area contributed by atoms with Crippen molar-refractivity contribution >= 4 is 23.9 Å². The van der Waals surface area contributed by atoms with E-state index < -0.39 is 17.8 Å². The van der Waals surface area contributed by atoms with Gasteiger partial charge in [-0.05, 0) is 23.8 Å². The molecule has 0 N–H and O–H groups in total. The van der Waals surface area contributed by atoms with Crippen LogP contribution in [0.1, 0.15) is 5.56 Å². The minimum atomic E-state index is -0.657. The Kier molecular flexibility index (Phi) is 4.16. The van der Waals surface area contributed by atoms with E-state index in [0.29, 0.717) is 17.1 Å². The van der Waals surface area contributed by atoms with Crippen molar-refractivity contribution in [2.75, 3.05) is 28.3 Å². The zero-order valence-corrected chi connectivity index (χ0v) is 12.7. The summed E-state index contributed by atoms with van der Waals surface area (Å²) in [5.41, 5.74) is 0.462. The fraction of sp³-hybridized carbons (Fsp3) is 0.267. The van der Waals surface area contributed by atoms with E-state index in [1.807, 2.05) is 0 Å². The number of benzene rings is 1. The number of hydrogen-bond donors (Lipinski definition) is 0. The Balaban J connectivity index is 2.49. The Bertz CT molecular complexity index is 632. The van der Waals surface area contributed by atoms with Gasteiger partial charge in [0.25, 0.3) is 11.8 Å². The fourth-order valence-corrected chi connectivity index (χ4v) is 2.05. The predicted molar refractivity (Wildman–Crippen MR) is 78.5 cm³/mol. The number of amides is 4. The Hall–Kier alpha value is -2.83. The van der Waals surface area contributed by atoms with Gasteiger partial charge in [0.05, 0.1) is 14.2 Å². The Morgan fingerprint density at radius 2 is 1.32 bits per heavy atom. The largest absolute Gasteiger partial charge is 0.497 e. The number of imide groups is 2. The second-order valence-corrected chi connectivity index (χ2v) is 4.71. The van der Waals surface area contributed by atoms with Crippen LogP contribution in [0.4, 0.5) is 4.79 Å². The van der Waals surface area contributed by atoms with E-state index >= 15 is 0 Å². The average molecular weight is 304 g/mol. The number of barbiturate groups is 1.